The number of nitrogens with one attached hydrogen (secondary N) is 1. The standard InChI is InChI=1S/C17H13NOS/c19-17(14-10-11-20-12-14)18-16-9-5-4-8-15(16)13-6-2-1-3-7-13/h1-12H,(H,18,19). The maximum absolute atomic E-state index is 12.2. The minimum absolute atomic E-state index is 0.0744. The number of carbonyl (C=O) groups excluding carboxylic acids is 1. The molecule has 0 atom stereocenters. The van der Waals surface area contributed by atoms with E-state index in [1.54, 1.807) is 0 Å². The molecule has 2 aromatic carbocycles. The number of benzene rings is 2. The number of amides is 1. The van der Waals surface area contributed by atoms with Crippen LogP contribution in [0.3, 0.4) is 0 Å². The zero-order chi connectivity index (χ0) is 13.8. The van der Waals surface area contributed by atoms with Gasteiger partial charge in [0.15, 0.2) is 0 Å². The summed E-state index contributed by atoms with van der Waals surface area (Å²) >= 11 is 1.52. The van der Waals surface area contributed by atoms with Crippen LogP contribution in [-0.2, 0) is 0 Å². The lowest BCUT2D eigenvalue weighted by molar-refractivity contribution is 0.102. The molecule has 1 N–H and O–H groups in total. The predicted molar refractivity (Wildman–Crippen MR) is 84.2 cm³/mol. The highest BCUT2D eigenvalue weighted by atomic mass is 32.1. The van der Waals surface area contributed by atoms with Crippen LogP contribution < -0.4 is 5.32 Å². The molecule has 20 heavy (non-hydrogen) atoms. The first-order valence-corrected chi connectivity index (χ1v) is 7.27. The van der Waals surface area contributed by atoms with E-state index in [1.807, 2.05) is 71.4 Å². The van der Waals surface area contributed by atoms with Crippen molar-refractivity contribution in [3.05, 3.63) is 77.0 Å². The van der Waals surface area contributed by atoms with Crippen LogP contribution in [0.5, 0.6) is 0 Å². The average Bonchev–Trinajstić information content (AvgIpc) is 3.03. The van der Waals surface area contributed by atoms with Crippen LogP contribution in [-0.4, -0.2) is 5.91 Å². The number of anilines is 1. The third kappa shape index (κ3) is 2.63. The number of hydrogen-bond acceptors (Lipinski definition) is 2. The van der Waals surface area contributed by atoms with Gasteiger partial charge in [0.25, 0.3) is 5.91 Å². The second kappa shape index (κ2) is 5.72. The van der Waals surface area contributed by atoms with Crippen molar-refractivity contribution in [1.29, 1.82) is 0 Å². The SMILES string of the molecule is O=C(Nc1ccccc1-c1ccccc1)c1ccsc1. The average molecular weight is 279 g/mol. The molecule has 0 saturated carbocycles. The third-order valence-corrected chi connectivity index (χ3v) is 3.73. The highest BCUT2D eigenvalue weighted by Gasteiger charge is 2.09. The van der Waals surface area contributed by atoms with Gasteiger partial charge in [-0.2, -0.15) is 11.3 Å². The zero-order valence-electron chi connectivity index (χ0n) is 10.7. The normalized spacial score (nSPS) is 10.2. The summed E-state index contributed by atoms with van der Waals surface area (Å²) in [5, 5.41) is 6.73. The van der Waals surface area contributed by atoms with Gasteiger partial charge >= 0.3 is 0 Å². The fourth-order valence-corrected chi connectivity index (χ4v) is 2.69. The van der Waals surface area contributed by atoms with Gasteiger partial charge in [-0.25, -0.2) is 0 Å². The van der Waals surface area contributed by atoms with Gasteiger partial charge in [-0.3, -0.25) is 4.79 Å². The monoisotopic (exact) mass is 279 g/mol. The highest BCUT2D eigenvalue weighted by molar-refractivity contribution is 7.08. The molecule has 0 bridgehead atoms. The Bertz CT molecular complexity index is 705. The number of rotatable bonds is 3. The molecule has 1 amide bonds. The quantitative estimate of drug-likeness (QED) is 0.741. The van der Waals surface area contributed by atoms with E-state index in [4.69, 9.17) is 0 Å². The first-order chi connectivity index (χ1) is 9.84. The summed E-state index contributed by atoms with van der Waals surface area (Å²) in [4.78, 5) is 12.2. The summed E-state index contributed by atoms with van der Waals surface area (Å²) in [5.74, 6) is -0.0744. The van der Waals surface area contributed by atoms with Crippen molar-refractivity contribution in [3.8, 4) is 11.1 Å². The van der Waals surface area contributed by atoms with Crippen LogP contribution in [0.25, 0.3) is 11.1 Å². The van der Waals surface area contributed by atoms with Crippen molar-refractivity contribution in [1.82, 2.24) is 0 Å². The molecule has 0 aliphatic heterocycles. The minimum Gasteiger partial charge on any atom is -0.321 e. The lowest BCUT2D eigenvalue weighted by atomic mass is 10.0. The molecule has 0 unspecified atom stereocenters. The van der Waals surface area contributed by atoms with Crippen LogP contribution in [0.2, 0.25) is 0 Å². The first kappa shape index (κ1) is 12.6. The van der Waals surface area contributed by atoms with E-state index < -0.39 is 0 Å². The summed E-state index contributed by atoms with van der Waals surface area (Å²) in [5.41, 5.74) is 3.64. The van der Waals surface area contributed by atoms with E-state index in [-0.39, 0.29) is 5.91 Å². The highest BCUT2D eigenvalue weighted by Crippen LogP contribution is 2.27. The van der Waals surface area contributed by atoms with Crippen LogP contribution >= 0.6 is 11.3 Å². The molecule has 98 valence electrons. The van der Waals surface area contributed by atoms with Crippen LogP contribution in [0.4, 0.5) is 5.69 Å². The van der Waals surface area contributed by atoms with E-state index in [0.29, 0.717) is 5.56 Å². The zero-order valence-corrected chi connectivity index (χ0v) is 11.6. The second-order valence-corrected chi connectivity index (χ2v) is 5.16. The molecule has 0 saturated heterocycles. The second-order valence-electron chi connectivity index (χ2n) is 4.38. The van der Waals surface area contributed by atoms with Gasteiger partial charge in [-0.05, 0) is 23.1 Å². The molecule has 1 aromatic heterocycles. The Morgan fingerprint density at radius 3 is 2.40 bits per heavy atom. The lowest BCUT2D eigenvalue weighted by Gasteiger charge is -2.10. The molecule has 2 nitrogen and oxygen atoms in total. The molecule has 0 spiro atoms. The Morgan fingerprint density at radius 2 is 1.65 bits per heavy atom. The summed E-state index contributed by atoms with van der Waals surface area (Å²) in [7, 11) is 0. The van der Waals surface area contributed by atoms with Gasteiger partial charge in [0.2, 0.25) is 0 Å². The topological polar surface area (TPSA) is 29.1 Å². The van der Waals surface area contributed by atoms with E-state index in [9.17, 15) is 4.79 Å². The van der Waals surface area contributed by atoms with Gasteiger partial charge in [-0.1, -0.05) is 48.5 Å². The largest absolute Gasteiger partial charge is 0.321 e. The number of hydrogen-bond donors (Lipinski definition) is 1. The van der Waals surface area contributed by atoms with Crippen molar-refractivity contribution in [2.45, 2.75) is 0 Å². The van der Waals surface area contributed by atoms with Gasteiger partial charge in [0.1, 0.15) is 0 Å². The van der Waals surface area contributed by atoms with Crippen LogP contribution in [0.1, 0.15) is 10.4 Å². The Morgan fingerprint density at radius 1 is 0.900 bits per heavy atom. The summed E-state index contributed by atoms with van der Waals surface area (Å²) in [6, 6.07) is 19.7. The molecular weight excluding hydrogens is 266 g/mol. The lowest BCUT2D eigenvalue weighted by Crippen LogP contribution is -2.11. The fourth-order valence-electron chi connectivity index (χ4n) is 2.05. The molecule has 1 heterocycles. The van der Waals surface area contributed by atoms with Crippen molar-refractivity contribution in [3.63, 3.8) is 0 Å². The van der Waals surface area contributed by atoms with Gasteiger partial charge < -0.3 is 5.32 Å². The summed E-state index contributed by atoms with van der Waals surface area (Å²) in [6.45, 7) is 0. The van der Waals surface area contributed by atoms with E-state index in [1.165, 1.54) is 11.3 Å². The Kier molecular flexibility index (Phi) is 3.61. The third-order valence-electron chi connectivity index (χ3n) is 3.04. The molecule has 3 aromatic rings. The molecule has 0 fully saturated rings. The Labute approximate surface area is 121 Å². The maximum atomic E-state index is 12.2. The smallest absolute Gasteiger partial charge is 0.256 e. The Hall–Kier alpha value is -2.39. The molecule has 0 aliphatic rings. The molecular formula is C17H13NOS. The number of thiophene rings is 1. The van der Waals surface area contributed by atoms with Crippen molar-refractivity contribution >= 4 is 22.9 Å². The number of carbonyl (C=O) groups is 1. The van der Waals surface area contributed by atoms with Crippen LogP contribution in [0.15, 0.2) is 71.4 Å². The molecule has 0 radical (unpaired) electrons. The van der Waals surface area contributed by atoms with Gasteiger partial charge in [0, 0.05) is 16.6 Å². The molecule has 3 rings (SSSR count). The number of para-hydroxylation sites is 1. The van der Waals surface area contributed by atoms with Crippen molar-refractivity contribution in [2.24, 2.45) is 0 Å². The van der Waals surface area contributed by atoms with Gasteiger partial charge in [-0.15, -0.1) is 0 Å². The van der Waals surface area contributed by atoms with E-state index >= 15 is 0 Å². The van der Waals surface area contributed by atoms with Crippen molar-refractivity contribution < 1.29 is 4.79 Å². The predicted octanol–water partition coefficient (Wildman–Crippen LogP) is 4.67. The molecule has 3 heteroatoms. The van der Waals surface area contributed by atoms with Gasteiger partial charge in [0.05, 0.1) is 5.56 Å². The fraction of sp³-hybridized carbons (Fsp3) is 0. The summed E-state index contributed by atoms with van der Waals surface area (Å²) < 4.78 is 0. The summed E-state index contributed by atoms with van der Waals surface area (Å²) in [6.07, 6.45) is 0. The maximum Gasteiger partial charge on any atom is 0.256 e. The minimum atomic E-state index is -0.0744. The van der Waals surface area contributed by atoms with E-state index in [2.05, 4.69) is 5.32 Å². The molecule has 0 aliphatic carbocycles. The van der Waals surface area contributed by atoms with Crippen LogP contribution in [0, 0.1) is 0 Å². The first-order valence-electron chi connectivity index (χ1n) is 6.32. The Balaban J connectivity index is 1.93. The van der Waals surface area contributed by atoms with Crippen molar-refractivity contribution in [2.75, 3.05) is 5.32 Å². The van der Waals surface area contributed by atoms with E-state index in [0.717, 1.165) is 16.8 Å².